The summed E-state index contributed by atoms with van der Waals surface area (Å²) in [6.45, 7) is 1.97. The summed E-state index contributed by atoms with van der Waals surface area (Å²) in [6, 6.07) is 5.03. The molecule has 0 bridgehead atoms. The molecule has 0 spiro atoms. The first-order valence-corrected chi connectivity index (χ1v) is 7.64. The summed E-state index contributed by atoms with van der Waals surface area (Å²) in [5.74, 6) is -0.936. The van der Waals surface area contributed by atoms with Crippen LogP contribution in [0.2, 0.25) is 5.02 Å². The Balaban J connectivity index is 2.24. The van der Waals surface area contributed by atoms with Crippen LogP contribution in [0.5, 0.6) is 5.75 Å². The zero-order chi connectivity index (χ0) is 15.8. The van der Waals surface area contributed by atoms with E-state index in [0.29, 0.717) is 34.6 Å². The summed E-state index contributed by atoms with van der Waals surface area (Å²) in [6.07, 6.45) is 1.14. The van der Waals surface area contributed by atoms with Crippen molar-refractivity contribution in [2.24, 2.45) is 5.92 Å². The number of carbonyl (C=O) groups is 2. The van der Waals surface area contributed by atoms with E-state index in [2.05, 4.69) is 21.2 Å². The SMILES string of the molecule is CC(CCCNC(=O)COc1ccc(Cl)cc1Br)C(=O)O. The predicted molar refractivity (Wildman–Crippen MR) is 83.7 cm³/mol. The summed E-state index contributed by atoms with van der Waals surface area (Å²) in [5, 5.41) is 12.0. The normalized spacial score (nSPS) is 11.8. The van der Waals surface area contributed by atoms with Gasteiger partial charge in [0.1, 0.15) is 5.75 Å². The zero-order valence-corrected chi connectivity index (χ0v) is 13.9. The van der Waals surface area contributed by atoms with Gasteiger partial charge in [-0.3, -0.25) is 9.59 Å². The number of carboxylic acids is 1. The number of rotatable bonds is 8. The average molecular weight is 379 g/mol. The third kappa shape index (κ3) is 6.82. The molecule has 116 valence electrons. The highest BCUT2D eigenvalue weighted by atomic mass is 79.9. The fourth-order valence-electron chi connectivity index (χ4n) is 1.55. The zero-order valence-electron chi connectivity index (χ0n) is 11.6. The van der Waals surface area contributed by atoms with Crippen molar-refractivity contribution >= 4 is 39.4 Å². The molecular formula is C14H17BrClNO4. The molecule has 0 aliphatic rings. The minimum Gasteiger partial charge on any atom is -0.483 e. The standard InChI is InChI=1S/C14H17BrClNO4/c1-9(14(19)20)3-2-6-17-13(18)8-21-12-5-4-10(16)7-11(12)15/h4-5,7,9H,2-3,6,8H2,1H3,(H,17,18)(H,19,20). The molecule has 0 aliphatic heterocycles. The van der Waals surface area contributed by atoms with Crippen molar-refractivity contribution in [1.82, 2.24) is 5.32 Å². The first-order valence-electron chi connectivity index (χ1n) is 6.47. The fraction of sp³-hybridized carbons (Fsp3) is 0.429. The number of aliphatic carboxylic acids is 1. The minimum absolute atomic E-state index is 0.102. The first-order chi connectivity index (χ1) is 9.90. The Morgan fingerprint density at radius 3 is 2.81 bits per heavy atom. The molecule has 7 heteroatoms. The van der Waals surface area contributed by atoms with Crippen LogP contribution in [0.25, 0.3) is 0 Å². The van der Waals surface area contributed by atoms with Crippen LogP contribution in [-0.2, 0) is 9.59 Å². The molecule has 0 aliphatic carbocycles. The smallest absolute Gasteiger partial charge is 0.306 e. The molecule has 21 heavy (non-hydrogen) atoms. The summed E-state index contributed by atoms with van der Waals surface area (Å²) >= 11 is 9.10. The second-order valence-corrected chi connectivity index (χ2v) is 5.89. The lowest BCUT2D eigenvalue weighted by atomic mass is 10.1. The third-order valence-corrected chi connectivity index (χ3v) is 3.67. The number of hydrogen-bond donors (Lipinski definition) is 2. The minimum atomic E-state index is -0.822. The number of halogens is 2. The van der Waals surface area contributed by atoms with Gasteiger partial charge in [0.15, 0.2) is 6.61 Å². The molecular weight excluding hydrogens is 362 g/mol. The van der Waals surface area contributed by atoms with Crippen LogP contribution in [0.3, 0.4) is 0 Å². The lowest BCUT2D eigenvalue weighted by molar-refractivity contribution is -0.141. The maximum Gasteiger partial charge on any atom is 0.306 e. The van der Waals surface area contributed by atoms with Gasteiger partial charge < -0.3 is 15.2 Å². The van der Waals surface area contributed by atoms with E-state index in [-0.39, 0.29) is 12.5 Å². The maximum absolute atomic E-state index is 11.6. The van der Waals surface area contributed by atoms with E-state index in [1.807, 2.05) is 0 Å². The Morgan fingerprint density at radius 2 is 2.19 bits per heavy atom. The molecule has 0 fully saturated rings. The van der Waals surface area contributed by atoms with Crippen molar-refractivity contribution in [2.75, 3.05) is 13.2 Å². The molecule has 0 saturated carbocycles. The Morgan fingerprint density at radius 1 is 1.48 bits per heavy atom. The van der Waals surface area contributed by atoms with Crippen LogP contribution in [0.15, 0.2) is 22.7 Å². The van der Waals surface area contributed by atoms with Crippen molar-refractivity contribution in [3.8, 4) is 5.75 Å². The van der Waals surface area contributed by atoms with Gasteiger partial charge in [-0.1, -0.05) is 18.5 Å². The molecule has 0 aromatic heterocycles. The van der Waals surface area contributed by atoms with E-state index in [9.17, 15) is 9.59 Å². The van der Waals surface area contributed by atoms with Gasteiger partial charge in [0.25, 0.3) is 5.91 Å². The number of ether oxygens (including phenoxy) is 1. The van der Waals surface area contributed by atoms with Gasteiger partial charge >= 0.3 is 5.97 Å². The molecule has 1 unspecified atom stereocenters. The molecule has 1 aromatic carbocycles. The Kier molecular flexibility index (Phi) is 7.53. The van der Waals surface area contributed by atoms with Crippen molar-refractivity contribution < 1.29 is 19.4 Å². The molecule has 0 saturated heterocycles. The molecule has 0 radical (unpaired) electrons. The summed E-state index contributed by atoms with van der Waals surface area (Å²) < 4.78 is 6.04. The van der Waals surface area contributed by atoms with Crippen LogP contribution >= 0.6 is 27.5 Å². The quantitative estimate of drug-likeness (QED) is 0.682. The first kappa shape index (κ1) is 17.8. The van der Waals surface area contributed by atoms with Gasteiger partial charge in [-0.2, -0.15) is 0 Å². The third-order valence-electron chi connectivity index (χ3n) is 2.81. The van der Waals surface area contributed by atoms with E-state index >= 15 is 0 Å². The largest absolute Gasteiger partial charge is 0.483 e. The highest BCUT2D eigenvalue weighted by Crippen LogP contribution is 2.27. The summed E-state index contributed by atoms with van der Waals surface area (Å²) in [5.41, 5.74) is 0. The van der Waals surface area contributed by atoms with Gasteiger partial charge in [-0.15, -0.1) is 0 Å². The van der Waals surface area contributed by atoms with Crippen molar-refractivity contribution in [3.63, 3.8) is 0 Å². The second kappa shape index (κ2) is 8.89. The Labute approximate surface area is 136 Å². The van der Waals surface area contributed by atoms with Crippen LogP contribution in [-0.4, -0.2) is 30.1 Å². The molecule has 1 aromatic rings. The molecule has 1 amide bonds. The maximum atomic E-state index is 11.6. The molecule has 1 rings (SSSR count). The number of carboxylic acid groups (broad SMARTS) is 1. The summed E-state index contributed by atoms with van der Waals surface area (Å²) in [7, 11) is 0. The van der Waals surface area contributed by atoms with Crippen molar-refractivity contribution in [1.29, 1.82) is 0 Å². The monoisotopic (exact) mass is 377 g/mol. The van der Waals surface area contributed by atoms with Crippen LogP contribution in [0, 0.1) is 5.92 Å². The van der Waals surface area contributed by atoms with E-state index in [0.717, 1.165) is 0 Å². The van der Waals surface area contributed by atoms with Crippen LogP contribution in [0.4, 0.5) is 0 Å². The topological polar surface area (TPSA) is 75.6 Å². The number of amides is 1. The van der Waals surface area contributed by atoms with E-state index < -0.39 is 11.9 Å². The van der Waals surface area contributed by atoms with Gasteiger partial charge in [-0.05, 0) is 47.0 Å². The van der Waals surface area contributed by atoms with Gasteiger partial charge in [-0.25, -0.2) is 0 Å². The number of benzene rings is 1. The van der Waals surface area contributed by atoms with E-state index in [4.69, 9.17) is 21.4 Å². The molecule has 0 heterocycles. The predicted octanol–water partition coefficient (Wildman–Crippen LogP) is 3.10. The summed E-state index contributed by atoms with van der Waals surface area (Å²) in [4.78, 5) is 22.2. The van der Waals surface area contributed by atoms with Crippen molar-refractivity contribution in [2.45, 2.75) is 19.8 Å². The number of carbonyl (C=O) groups excluding carboxylic acids is 1. The molecule has 5 nitrogen and oxygen atoms in total. The number of nitrogens with one attached hydrogen (secondary N) is 1. The van der Waals surface area contributed by atoms with Crippen LogP contribution < -0.4 is 10.1 Å². The fourth-order valence-corrected chi connectivity index (χ4v) is 2.34. The van der Waals surface area contributed by atoms with Crippen molar-refractivity contribution in [3.05, 3.63) is 27.7 Å². The lowest BCUT2D eigenvalue weighted by Gasteiger charge is -2.10. The Bertz CT molecular complexity index is 510. The van der Waals surface area contributed by atoms with Gasteiger partial charge in [0.2, 0.25) is 0 Å². The number of hydrogen-bond acceptors (Lipinski definition) is 3. The Hall–Kier alpha value is -1.27. The average Bonchev–Trinajstić information content (AvgIpc) is 2.42. The lowest BCUT2D eigenvalue weighted by Crippen LogP contribution is -2.30. The van der Waals surface area contributed by atoms with Gasteiger partial charge in [0.05, 0.1) is 10.4 Å². The molecule has 1 atom stereocenters. The van der Waals surface area contributed by atoms with Gasteiger partial charge in [0, 0.05) is 11.6 Å². The highest BCUT2D eigenvalue weighted by Gasteiger charge is 2.10. The highest BCUT2D eigenvalue weighted by molar-refractivity contribution is 9.10. The second-order valence-electron chi connectivity index (χ2n) is 4.59. The molecule has 2 N–H and O–H groups in total. The van der Waals surface area contributed by atoms with E-state index in [1.165, 1.54) is 0 Å². The van der Waals surface area contributed by atoms with Crippen LogP contribution in [0.1, 0.15) is 19.8 Å². The van der Waals surface area contributed by atoms with E-state index in [1.54, 1.807) is 25.1 Å².